The summed E-state index contributed by atoms with van der Waals surface area (Å²) in [6.07, 6.45) is -3.48. The Morgan fingerprint density at radius 3 is 2.47 bits per heavy atom. The Morgan fingerprint density at radius 2 is 2.07 bits per heavy atom. The van der Waals surface area contributed by atoms with Crippen molar-refractivity contribution in [1.29, 1.82) is 0 Å². The van der Waals surface area contributed by atoms with Gasteiger partial charge in [-0.2, -0.15) is 13.2 Å². The van der Waals surface area contributed by atoms with Gasteiger partial charge >= 0.3 is 12.1 Å². The summed E-state index contributed by atoms with van der Waals surface area (Å²) in [6, 6.07) is 0. The Morgan fingerprint density at radius 1 is 1.47 bits per heavy atom. The summed E-state index contributed by atoms with van der Waals surface area (Å²) in [6.45, 7) is 1.61. The number of alkyl halides is 3. The van der Waals surface area contributed by atoms with Crippen LogP contribution < -0.4 is 0 Å². The average Bonchev–Trinajstić information content (AvgIpc) is 2.06. The van der Waals surface area contributed by atoms with Crippen LogP contribution in [0.2, 0.25) is 0 Å². The molecule has 15 heavy (non-hydrogen) atoms. The lowest BCUT2D eigenvalue weighted by molar-refractivity contribution is -0.189. The molecular weight excluding hydrogens is 209 g/mol. The second-order valence-corrected chi connectivity index (χ2v) is 4.40. The fourth-order valence-corrected chi connectivity index (χ4v) is 2.43. The Labute approximate surface area is 86.5 Å². The van der Waals surface area contributed by atoms with E-state index in [1.165, 1.54) is 0 Å². The summed E-state index contributed by atoms with van der Waals surface area (Å²) in [4.78, 5) is 11.1. The number of carboxylic acid groups (broad SMARTS) is 1. The molecule has 1 rings (SSSR count). The van der Waals surface area contributed by atoms with Crippen LogP contribution in [0.5, 0.6) is 0 Å². The van der Waals surface area contributed by atoms with Gasteiger partial charge < -0.3 is 5.11 Å². The highest BCUT2D eigenvalue weighted by molar-refractivity contribution is 5.75. The molecule has 0 heterocycles. The van der Waals surface area contributed by atoms with Gasteiger partial charge in [-0.3, -0.25) is 4.79 Å². The van der Waals surface area contributed by atoms with Crippen molar-refractivity contribution in [3.05, 3.63) is 0 Å². The van der Waals surface area contributed by atoms with E-state index in [9.17, 15) is 18.0 Å². The summed E-state index contributed by atoms with van der Waals surface area (Å²) in [5, 5.41) is 9.02. The quantitative estimate of drug-likeness (QED) is 0.781. The van der Waals surface area contributed by atoms with Crippen LogP contribution in [-0.4, -0.2) is 17.3 Å². The SMILES string of the molecule is CC1CCCCC1(CC(F)(F)F)C(=O)O. The number of aliphatic carboxylic acids is 1. The first-order chi connectivity index (χ1) is 6.78. The Bertz CT molecular complexity index is 250. The van der Waals surface area contributed by atoms with Gasteiger partial charge in [0.2, 0.25) is 0 Å². The second-order valence-electron chi connectivity index (χ2n) is 4.40. The molecule has 1 aliphatic carbocycles. The molecule has 2 nitrogen and oxygen atoms in total. The number of hydrogen-bond acceptors (Lipinski definition) is 1. The minimum absolute atomic E-state index is 0.142. The lowest BCUT2D eigenvalue weighted by Gasteiger charge is -2.39. The third kappa shape index (κ3) is 2.63. The molecule has 0 spiro atoms. The Balaban J connectivity index is 2.91. The van der Waals surface area contributed by atoms with Gasteiger partial charge in [0.1, 0.15) is 0 Å². The molecular formula is C10H15F3O2. The normalized spacial score (nSPS) is 32.7. The van der Waals surface area contributed by atoms with Gasteiger partial charge in [-0.15, -0.1) is 0 Å². The van der Waals surface area contributed by atoms with Crippen molar-refractivity contribution in [2.75, 3.05) is 0 Å². The molecule has 1 fully saturated rings. The van der Waals surface area contributed by atoms with E-state index in [1.54, 1.807) is 6.92 Å². The molecule has 0 bridgehead atoms. The smallest absolute Gasteiger partial charge is 0.390 e. The van der Waals surface area contributed by atoms with Crippen molar-refractivity contribution in [3.63, 3.8) is 0 Å². The lowest BCUT2D eigenvalue weighted by Crippen LogP contribution is -2.43. The molecule has 0 amide bonds. The predicted molar refractivity (Wildman–Crippen MR) is 48.4 cm³/mol. The topological polar surface area (TPSA) is 37.3 Å². The van der Waals surface area contributed by atoms with Crippen molar-refractivity contribution in [3.8, 4) is 0 Å². The van der Waals surface area contributed by atoms with Gasteiger partial charge in [0, 0.05) is 0 Å². The van der Waals surface area contributed by atoms with E-state index in [2.05, 4.69) is 0 Å². The zero-order valence-electron chi connectivity index (χ0n) is 8.60. The van der Waals surface area contributed by atoms with Gasteiger partial charge in [-0.05, 0) is 18.8 Å². The van der Waals surface area contributed by atoms with E-state index in [-0.39, 0.29) is 6.42 Å². The van der Waals surface area contributed by atoms with Crippen LogP contribution in [0.4, 0.5) is 13.2 Å². The predicted octanol–water partition coefficient (Wildman–Crippen LogP) is 3.22. The van der Waals surface area contributed by atoms with E-state index in [0.29, 0.717) is 12.8 Å². The first kappa shape index (κ1) is 12.3. The third-order valence-corrected chi connectivity index (χ3v) is 3.40. The highest BCUT2D eigenvalue weighted by Crippen LogP contribution is 2.48. The zero-order valence-corrected chi connectivity index (χ0v) is 8.60. The van der Waals surface area contributed by atoms with Gasteiger partial charge in [-0.1, -0.05) is 19.8 Å². The maximum absolute atomic E-state index is 12.4. The number of halogens is 3. The molecule has 0 aromatic heterocycles. The van der Waals surface area contributed by atoms with Crippen molar-refractivity contribution in [2.45, 2.75) is 45.2 Å². The molecule has 1 N–H and O–H groups in total. The van der Waals surface area contributed by atoms with E-state index in [4.69, 9.17) is 5.11 Å². The molecule has 0 radical (unpaired) electrons. The van der Waals surface area contributed by atoms with Gasteiger partial charge in [0.15, 0.2) is 0 Å². The van der Waals surface area contributed by atoms with Gasteiger partial charge in [-0.25, -0.2) is 0 Å². The van der Waals surface area contributed by atoms with Crippen LogP contribution >= 0.6 is 0 Å². The van der Waals surface area contributed by atoms with Crippen molar-refractivity contribution in [1.82, 2.24) is 0 Å². The number of hydrogen-bond donors (Lipinski definition) is 1. The van der Waals surface area contributed by atoms with Crippen LogP contribution in [0.3, 0.4) is 0 Å². The second kappa shape index (κ2) is 4.02. The first-order valence-corrected chi connectivity index (χ1v) is 5.08. The number of carbonyl (C=O) groups is 1. The van der Waals surface area contributed by atoms with E-state index < -0.39 is 29.9 Å². The van der Waals surface area contributed by atoms with E-state index in [0.717, 1.165) is 6.42 Å². The fourth-order valence-electron chi connectivity index (χ4n) is 2.43. The highest BCUT2D eigenvalue weighted by atomic mass is 19.4. The largest absolute Gasteiger partial charge is 0.481 e. The molecule has 0 aromatic carbocycles. The molecule has 88 valence electrons. The lowest BCUT2D eigenvalue weighted by atomic mass is 9.65. The highest BCUT2D eigenvalue weighted by Gasteiger charge is 2.51. The first-order valence-electron chi connectivity index (χ1n) is 5.08. The number of rotatable bonds is 2. The minimum atomic E-state index is -4.40. The minimum Gasteiger partial charge on any atom is -0.481 e. The molecule has 0 saturated heterocycles. The van der Waals surface area contributed by atoms with Crippen molar-refractivity contribution >= 4 is 5.97 Å². The summed E-state index contributed by atoms with van der Waals surface area (Å²) >= 11 is 0. The summed E-state index contributed by atoms with van der Waals surface area (Å²) in [5.41, 5.74) is -1.59. The molecule has 0 aliphatic heterocycles. The standard InChI is InChI=1S/C10H15F3O2/c1-7-4-2-3-5-9(7,8(14)15)6-10(11,12)13/h7H,2-6H2,1H3,(H,14,15). The van der Waals surface area contributed by atoms with Crippen LogP contribution in [-0.2, 0) is 4.79 Å². The Kier molecular flexibility index (Phi) is 3.31. The summed E-state index contributed by atoms with van der Waals surface area (Å²) in [5.74, 6) is -1.70. The van der Waals surface area contributed by atoms with Gasteiger partial charge in [0.25, 0.3) is 0 Å². The average molecular weight is 224 g/mol. The van der Waals surface area contributed by atoms with Crippen LogP contribution in [0.1, 0.15) is 39.0 Å². The monoisotopic (exact) mass is 224 g/mol. The van der Waals surface area contributed by atoms with Crippen LogP contribution in [0.25, 0.3) is 0 Å². The van der Waals surface area contributed by atoms with E-state index >= 15 is 0 Å². The maximum atomic E-state index is 12.4. The molecule has 1 saturated carbocycles. The number of carboxylic acids is 1. The third-order valence-electron chi connectivity index (χ3n) is 3.40. The molecule has 0 aromatic rings. The van der Waals surface area contributed by atoms with Crippen LogP contribution in [0, 0.1) is 11.3 Å². The van der Waals surface area contributed by atoms with Gasteiger partial charge in [0.05, 0.1) is 11.8 Å². The maximum Gasteiger partial charge on any atom is 0.390 e. The van der Waals surface area contributed by atoms with Crippen LogP contribution in [0.15, 0.2) is 0 Å². The molecule has 2 unspecified atom stereocenters. The molecule has 5 heteroatoms. The molecule has 1 aliphatic rings. The fraction of sp³-hybridized carbons (Fsp3) is 0.900. The van der Waals surface area contributed by atoms with Crippen molar-refractivity contribution in [2.24, 2.45) is 11.3 Å². The summed E-state index contributed by atoms with van der Waals surface area (Å²) in [7, 11) is 0. The zero-order chi connectivity index (χ0) is 11.7. The van der Waals surface area contributed by atoms with E-state index in [1.807, 2.05) is 0 Å². The Hall–Kier alpha value is -0.740. The van der Waals surface area contributed by atoms with Crippen molar-refractivity contribution < 1.29 is 23.1 Å². The summed E-state index contributed by atoms with van der Waals surface area (Å²) < 4.78 is 37.1. The molecule has 2 atom stereocenters.